The van der Waals surface area contributed by atoms with Gasteiger partial charge in [-0.05, 0) is 17.7 Å². The van der Waals surface area contributed by atoms with Crippen LogP contribution in [-0.4, -0.2) is 66.6 Å². The molecule has 0 bridgehead atoms. The summed E-state index contributed by atoms with van der Waals surface area (Å²) in [5, 5.41) is 1.15. The first-order chi connectivity index (χ1) is 9.11. The maximum Gasteiger partial charge on any atom is 0.0860 e. The van der Waals surface area contributed by atoms with Crippen molar-refractivity contribution in [1.82, 2.24) is 0 Å². The van der Waals surface area contributed by atoms with Crippen molar-refractivity contribution in [3.05, 3.63) is 5.56 Å². The molecular weight excluding hydrogens is 264 g/mol. The smallest absolute Gasteiger partial charge is 0.0860 e. The maximum atomic E-state index is 3.85. The van der Waals surface area contributed by atoms with Crippen LogP contribution >= 0.6 is 0 Å². The van der Waals surface area contributed by atoms with E-state index in [2.05, 4.69) is 93.1 Å². The molecule has 0 heterocycles. The molecule has 0 aliphatic carbocycles. The van der Waals surface area contributed by atoms with Crippen LogP contribution in [0.15, 0.2) is 0 Å². The van der Waals surface area contributed by atoms with Crippen LogP contribution in [-0.2, 0) is 0 Å². The predicted molar refractivity (Wildman–Crippen MR) is 93.9 cm³/mol. The average molecular weight is 291 g/mol. The lowest BCUT2D eigenvalue weighted by molar-refractivity contribution is 1.02. The van der Waals surface area contributed by atoms with Gasteiger partial charge in [-0.3, -0.25) is 0 Å². The highest BCUT2D eigenvalue weighted by molar-refractivity contribution is 6.39. The molecule has 0 saturated heterocycles. The molecule has 0 aliphatic rings. The van der Waals surface area contributed by atoms with Crippen LogP contribution in [0.3, 0.4) is 0 Å². The first-order valence-corrected chi connectivity index (χ1v) is 7.22. The van der Waals surface area contributed by atoms with Crippen LogP contribution in [0.1, 0.15) is 5.56 Å². The number of hydrogen-bond donors (Lipinski definition) is 0. The van der Waals surface area contributed by atoms with Crippen molar-refractivity contribution in [2.45, 2.75) is 6.92 Å². The molecule has 5 heteroatoms. The standard InChI is InChI=1S/C15H27N4Si/c1-10-11(16(2)3)12(17(4)5)13(18(6)7)14(15(10)20)19(8)9/h1-9H3. The third kappa shape index (κ3) is 2.73. The van der Waals surface area contributed by atoms with Gasteiger partial charge in [0.2, 0.25) is 0 Å². The Bertz CT molecular complexity index is 448. The van der Waals surface area contributed by atoms with Crippen LogP contribution in [0.5, 0.6) is 0 Å². The van der Waals surface area contributed by atoms with E-state index in [0.29, 0.717) is 0 Å². The summed E-state index contributed by atoms with van der Waals surface area (Å²) in [4.78, 5) is 8.72. The second kappa shape index (κ2) is 5.95. The van der Waals surface area contributed by atoms with E-state index in [-0.39, 0.29) is 0 Å². The number of rotatable bonds is 4. The predicted octanol–water partition coefficient (Wildman–Crippen LogP) is 1.05. The van der Waals surface area contributed by atoms with Gasteiger partial charge < -0.3 is 19.6 Å². The summed E-state index contributed by atoms with van der Waals surface area (Å²) in [7, 11) is 20.6. The molecule has 4 nitrogen and oxygen atoms in total. The molecule has 0 atom stereocenters. The lowest BCUT2D eigenvalue weighted by atomic mass is 10.0. The molecule has 0 spiro atoms. The highest BCUT2D eigenvalue weighted by atomic mass is 28.1. The number of hydrogen-bond acceptors (Lipinski definition) is 4. The van der Waals surface area contributed by atoms with E-state index in [1.165, 1.54) is 28.3 Å². The number of anilines is 4. The Balaban J connectivity index is 3.93. The Morgan fingerprint density at radius 1 is 0.550 bits per heavy atom. The van der Waals surface area contributed by atoms with Crippen molar-refractivity contribution < 1.29 is 0 Å². The van der Waals surface area contributed by atoms with Gasteiger partial charge in [0.15, 0.2) is 0 Å². The number of nitrogens with zero attached hydrogens (tertiary/aromatic N) is 4. The Kier molecular flexibility index (Phi) is 4.97. The molecule has 111 valence electrons. The van der Waals surface area contributed by atoms with E-state index in [0.717, 1.165) is 5.19 Å². The third-order valence-electron chi connectivity index (χ3n) is 3.43. The van der Waals surface area contributed by atoms with Crippen molar-refractivity contribution >= 4 is 38.2 Å². The molecule has 1 aromatic carbocycles. The SMILES string of the molecule is Cc1c([Si])c(N(C)C)c(N(C)C)c(N(C)C)c1N(C)C. The van der Waals surface area contributed by atoms with E-state index >= 15 is 0 Å². The van der Waals surface area contributed by atoms with E-state index < -0.39 is 0 Å². The van der Waals surface area contributed by atoms with Crippen LogP contribution in [0, 0.1) is 6.92 Å². The fourth-order valence-electron chi connectivity index (χ4n) is 2.65. The van der Waals surface area contributed by atoms with Crippen LogP contribution < -0.4 is 24.8 Å². The molecule has 0 aromatic heterocycles. The zero-order valence-electron chi connectivity index (χ0n) is 14.3. The van der Waals surface area contributed by atoms with Crippen molar-refractivity contribution in [3.63, 3.8) is 0 Å². The zero-order chi connectivity index (χ0) is 15.8. The molecule has 1 rings (SSSR count). The molecule has 0 unspecified atom stereocenters. The average Bonchev–Trinajstić information content (AvgIpc) is 2.29. The molecule has 0 fully saturated rings. The molecule has 1 aromatic rings. The van der Waals surface area contributed by atoms with E-state index in [4.69, 9.17) is 0 Å². The Labute approximate surface area is 127 Å². The second-order valence-corrected chi connectivity index (χ2v) is 6.47. The number of benzene rings is 1. The summed E-state index contributed by atoms with van der Waals surface area (Å²) in [6, 6.07) is 0. The topological polar surface area (TPSA) is 13.0 Å². The largest absolute Gasteiger partial charge is 0.376 e. The first-order valence-electron chi connectivity index (χ1n) is 6.72. The Morgan fingerprint density at radius 3 is 1.15 bits per heavy atom. The van der Waals surface area contributed by atoms with Gasteiger partial charge in [0.1, 0.15) is 0 Å². The summed E-state index contributed by atoms with van der Waals surface area (Å²) in [5.41, 5.74) is 6.17. The first kappa shape index (κ1) is 16.7. The monoisotopic (exact) mass is 291 g/mol. The highest BCUT2D eigenvalue weighted by Crippen LogP contribution is 2.43. The Morgan fingerprint density at radius 2 is 0.850 bits per heavy atom. The fourth-order valence-corrected chi connectivity index (χ4v) is 3.11. The molecule has 0 N–H and O–H groups in total. The van der Waals surface area contributed by atoms with Crippen LogP contribution in [0.4, 0.5) is 22.7 Å². The summed E-state index contributed by atoms with van der Waals surface area (Å²) >= 11 is 0. The molecule has 0 amide bonds. The molecule has 0 aliphatic heterocycles. The van der Waals surface area contributed by atoms with Gasteiger partial charge in [0.05, 0.1) is 33.0 Å². The highest BCUT2D eigenvalue weighted by Gasteiger charge is 2.24. The minimum Gasteiger partial charge on any atom is -0.376 e. The second-order valence-electron chi connectivity index (χ2n) is 5.97. The van der Waals surface area contributed by atoms with Gasteiger partial charge in [-0.15, -0.1) is 0 Å². The van der Waals surface area contributed by atoms with Gasteiger partial charge in [-0.25, -0.2) is 0 Å². The van der Waals surface area contributed by atoms with Gasteiger partial charge in [0, 0.05) is 56.4 Å². The molecule has 3 radical (unpaired) electrons. The molecular formula is C15H27N4Si. The summed E-state index contributed by atoms with van der Waals surface area (Å²) in [6.07, 6.45) is 0. The molecule has 0 saturated carbocycles. The van der Waals surface area contributed by atoms with E-state index in [9.17, 15) is 0 Å². The van der Waals surface area contributed by atoms with Crippen molar-refractivity contribution in [2.75, 3.05) is 76.0 Å². The molecule has 20 heavy (non-hydrogen) atoms. The summed E-state index contributed by atoms with van der Waals surface area (Å²) < 4.78 is 0. The van der Waals surface area contributed by atoms with Gasteiger partial charge in [-0.1, -0.05) is 0 Å². The minimum atomic E-state index is 1.15. The van der Waals surface area contributed by atoms with Gasteiger partial charge >= 0.3 is 0 Å². The van der Waals surface area contributed by atoms with Crippen molar-refractivity contribution in [1.29, 1.82) is 0 Å². The summed E-state index contributed by atoms with van der Waals surface area (Å²) in [6.45, 7) is 2.16. The van der Waals surface area contributed by atoms with E-state index in [1.54, 1.807) is 0 Å². The van der Waals surface area contributed by atoms with Gasteiger partial charge in [-0.2, -0.15) is 0 Å². The fraction of sp³-hybridized carbons (Fsp3) is 0.600. The lowest BCUT2D eigenvalue weighted by Crippen LogP contribution is -2.31. The summed E-state index contributed by atoms with van der Waals surface area (Å²) in [5.74, 6) is 0. The van der Waals surface area contributed by atoms with Gasteiger partial charge in [0.25, 0.3) is 0 Å². The van der Waals surface area contributed by atoms with Crippen LogP contribution in [0.25, 0.3) is 0 Å². The van der Waals surface area contributed by atoms with Crippen molar-refractivity contribution in [2.24, 2.45) is 0 Å². The zero-order valence-corrected chi connectivity index (χ0v) is 15.3. The van der Waals surface area contributed by atoms with Crippen LogP contribution in [0.2, 0.25) is 0 Å². The van der Waals surface area contributed by atoms with E-state index in [1.807, 2.05) is 0 Å². The quantitative estimate of drug-likeness (QED) is 0.769. The third-order valence-corrected chi connectivity index (χ3v) is 4.04. The minimum absolute atomic E-state index is 1.15. The Hall–Kier alpha value is -1.36. The normalized spacial score (nSPS) is 10.5. The maximum absolute atomic E-state index is 3.85. The van der Waals surface area contributed by atoms with Crippen molar-refractivity contribution in [3.8, 4) is 0 Å². The lowest BCUT2D eigenvalue weighted by Gasteiger charge is -2.35.